The minimum atomic E-state index is -0.265. The molecule has 2 N–H and O–H groups in total. The average Bonchev–Trinajstić information content (AvgIpc) is 2.66. The first-order chi connectivity index (χ1) is 10.7. The number of nitrogens with two attached hydrogens (primary N) is 1. The topological polar surface area (TPSA) is 72.4 Å². The number of amides is 1. The van der Waals surface area contributed by atoms with Gasteiger partial charge in [0.2, 0.25) is 5.91 Å². The van der Waals surface area contributed by atoms with Gasteiger partial charge in [-0.25, -0.2) is 4.98 Å². The number of rotatable bonds is 2. The average molecular weight is 335 g/mol. The van der Waals surface area contributed by atoms with Crippen molar-refractivity contribution in [1.29, 1.82) is 0 Å². The molecule has 0 radical (unpaired) electrons. The summed E-state index contributed by atoms with van der Waals surface area (Å²) in [6, 6.07) is 0.124. The Kier molecular flexibility index (Phi) is 4.64. The van der Waals surface area contributed by atoms with Crippen molar-refractivity contribution in [2.24, 2.45) is 5.73 Å². The van der Waals surface area contributed by atoms with Crippen molar-refractivity contribution < 1.29 is 9.21 Å². The summed E-state index contributed by atoms with van der Waals surface area (Å²) in [6.07, 6.45) is 1.87. The molecule has 5 heteroatoms. The van der Waals surface area contributed by atoms with Crippen LogP contribution in [0.25, 0.3) is 0 Å². The van der Waals surface area contributed by atoms with E-state index in [0.29, 0.717) is 11.7 Å². The zero-order valence-electron chi connectivity index (χ0n) is 16.5. The maximum Gasteiger partial charge on any atom is 0.231 e. The zero-order chi connectivity index (χ0) is 18.5. The second kappa shape index (κ2) is 5.87. The highest BCUT2D eigenvalue weighted by molar-refractivity contribution is 5.80. The van der Waals surface area contributed by atoms with Gasteiger partial charge in [-0.05, 0) is 47.5 Å². The Morgan fingerprint density at radius 2 is 1.75 bits per heavy atom. The van der Waals surface area contributed by atoms with Crippen LogP contribution in [0.5, 0.6) is 0 Å². The lowest BCUT2D eigenvalue weighted by Gasteiger charge is -2.54. The Morgan fingerprint density at radius 1 is 1.25 bits per heavy atom. The molecule has 1 aliphatic rings. The summed E-state index contributed by atoms with van der Waals surface area (Å²) < 4.78 is 5.91. The zero-order valence-corrected chi connectivity index (χ0v) is 16.5. The fraction of sp³-hybridized carbons (Fsp3) is 0.789. The largest absolute Gasteiger partial charge is 0.444 e. The van der Waals surface area contributed by atoms with Crippen LogP contribution < -0.4 is 5.73 Å². The van der Waals surface area contributed by atoms with Crippen LogP contribution in [0.3, 0.4) is 0 Å². The summed E-state index contributed by atoms with van der Waals surface area (Å²) in [5.41, 5.74) is 6.32. The Hall–Kier alpha value is -1.36. The minimum absolute atomic E-state index is 0.0802. The summed E-state index contributed by atoms with van der Waals surface area (Å²) in [7, 11) is 0. The van der Waals surface area contributed by atoms with Crippen LogP contribution in [-0.4, -0.2) is 32.9 Å². The number of likely N-dealkylation sites (tertiary alicyclic amines) is 1. The fourth-order valence-corrected chi connectivity index (χ4v) is 4.16. The molecule has 24 heavy (non-hydrogen) atoms. The molecule has 1 amide bonds. The van der Waals surface area contributed by atoms with E-state index in [1.165, 1.54) is 0 Å². The van der Waals surface area contributed by atoms with E-state index in [1.807, 2.05) is 11.8 Å². The summed E-state index contributed by atoms with van der Waals surface area (Å²) in [6.45, 7) is 16.5. The van der Waals surface area contributed by atoms with Gasteiger partial charge in [-0.2, -0.15) is 0 Å². The number of hydrogen-bond acceptors (Lipinski definition) is 4. The number of carbonyl (C=O) groups is 1. The van der Waals surface area contributed by atoms with Gasteiger partial charge in [0, 0.05) is 22.5 Å². The molecule has 0 atom stereocenters. The molecule has 0 spiro atoms. The van der Waals surface area contributed by atoms with Crippen molar-refractivity contribution in [1.82, 2.24) is 9.88 Å². The van der Waals surface area contributed by atoms with Crippen molar-refractivity contribution in [2.45, 2.75) is 97.2 Å². The molecule has 2 heterocycles. The van der Waals surface area contributed by atoms with E-state index < -0.39 is 0 Å². The van der Waals surface area contributed by atoms with Gasteiger partial charge in [-0.15, -0.1) is 0 Å². The number of aromatic nitrogens is 1. The molecule has 1 saturated heterocycles. The highest BCUT2D eigenvalue weighted by atomic mass is 16.4. The first-order valence-electron chi connectivity index (χ1n) is 8.79. The van der Waals surface area contributed by atoms with Gasteiger partial charge >= 0.3 is 0 Å². The first kappa shape index (κ1) is 19.0. The molecule has 0 bridgehead atoms. The quantitative estimate of drug-likeness (QED) is 0.900. The first-order valence-corrected chi connectivity index (χ1v) is 8.79. The third-order valence-electron chi connectivity index (χ3n) is 4.83. The normalized spacial score (nSPS) is 21.1. The summed E-state index contributed by atoms with van der Waals surface area (Å²) in [5, 5.41) is 0. The van der Waals surface area contributed by atoms with E-state index >= 15 is 0 Å². The van der Waals surface area contributed by atoms with E-state index in [0.717, 1.165) is 18.5 Å². The molecule has 136 valence electrons. The van der Waals surface area contributed by atoms with Gasteiger partial charge in [0.25, 0.3) is 0 Å². The standard InChI is InChI=1S/C19H33N3O2/c1-12-14(24-16(21-12)17(2,3)4)9-15(23)22-18(5,6)10-13(20)11-19(22,7)8/h13H,9-11,20H2,1-8H3. The Morgan fingerprint density at radius 3 is 2.17 bits per heavy atom. The van der Waals surface area contributed by atoms with Gasteiger partial charge in [-0.1, -0.05) is 20.8 Å². The monoisotopic (exact) mass is 335 g/mol. The Labute approximate surface area is 146 Å². The highest BCUT2D eigenvalue weighted by Gasteiger charge is 2.46. The SMILES string of the molecule is Cc1nc(C(C)(C)C)oc1CC(=O)N1C(C)(C)CC(N)CC1(C)C. The van der Waals surface area contributed by atoms with Crippen molar-refractivity contribution in [3.63, 3.8) is 0 Å². The van der Waals surface area contributed by atoms with Crippen molar-refractivity contribution in [3.8, 4) is 0 Å². The number of piperidine rings is 1. The molecule has 5 nitrogen and oxygen atoms in total. The fourth-order valence-electron chi connectivity index (χ4n) is 4.16. The predicted molar refractivity (Wildman–Crippen MR) is 95.9 cm³/mol. The van der Waals surface area contributed by atoms with E-state index in [1.54, 1.807) is 0 Å². The molecule has 2 rings (SSSR count). The van der Waals surface area contributed by atoms with E-state index in [9.17, 15) is 4.79 Å². The highest BCUT2D eigenvalue weighted by Crippen LogP contribution is 2.38. The number of hydrogen-bond donors (Lipinski definition) is 1. The maximum absolute atomic E-state index is 13.1. The smallest absolute Gasteiger partial charge is 0.231 e. The minimum Gasteiger partial charge on any atom is -0.444 e. The summed E-state index contributed by atoms with van der Waals surface area (Å²) in [4.78, 5) is 19.6. The molecule has 1 aromatic heterocycles. The van der Waals surface area contributed by atoms with Gasteiger partial charge in [0.05, 0.1) is 12.1 Å². The molecular formula is C19H33N3O2. The van der Waals surface area contributed by atoms with Crippen LogP contribution in [0, 0.1) is 6.92 Å². The van der Waals surface area contributed by atoms with Crippen LogP contribution in [0.1, 0.15) is 78.7 Å². The second-order valence-corrected chi connectivity index (χ2v) is 9.48. The van der Waals surface area contributed by atoms with E-state index in [4.69, 9.17) is 10.2 Å². The van der Waals surface area contributed by atoms with E-state index in [-0.39, 0.29) is 34.9 Å². The summed E-state index contributed by atoms with van der Waals surface area (Å²) >= 11 is 0. The Bertz CT molecular complexity index is 605. The lowest BCUT2D eigenvalue weighted by Crippen LogP contribution is -2.65. The number of carbonyl (C=O) groups excluding carboxylic acids is 1. The van der Waals surface area contributed by atoms with Crippen LogP contribution in [0.4, 0.5) is 0 Å². The molecule has 1 aliphatic heterocycles. The lowest BCUT2D eigenvalue weighted by atomic mass is 9.77. The molecule has 0 unspecified atom stereocenters. The van der Waals surface area contributed by atoms with Gasteiger partial charge in [0.1, 0.15) is 5.76 Å². The molecule has 1 aromatic rings. The number of nitrogens with zero attached hydrogens (tertiary/aromatic N) is 2. The van der Waals surface area contributed by atoms with Crippen LogP contribution in [0.2, 0.25) is 0 Å². The second-order valence-electron chi connectivity index (χ2n) is 9.48. The van der Waals surface area contributed by atoms with Gasteiger partial charge in [0.15, 0.2) is 5.89 Å². The number of oxazole rings is 1. The predicted octanol–water partition coefficient (Wildman–Crippen LogP) is 3.33. The Balaban J connectivity index is 2.27. The van der Waals surface area contributed by atoms with Crippen molar-refractivity contribution in [3.05, 3.63) is 17.3 Å². The third-order valence-corrected chi connectivity index (χ3v) is 4.83. The number of aryl methyl sites for hydroxylation is 1. The van der Waals surface area contributed by atoms with Crippen LogP contribution in [0.15, 0.2) is 4.42 Å². The van der Waals surface area contributed by atoms with Gasteiger partial charge < -0.3 is 15.1 Å². The molecule has 0 aliphatic carbocycles. The lowest BCUT2D eigenvalue weighted by molar-refractivity contribution is -0.149. The summed E-state index contributed by atoms with van der Waals surface area (Å²) in [5.74, 6) is 1.44. The van der Waals surface area contributed by atoms with Crippen molar-refractivity contribution >= 4 is 5.91 Å². The molecule has 0 saturated carbocycles. The van der Waals surface area contributed by atoms with Crippen LogP contribution in [-0.2, 0) is 16.6 Å². The molecular weight excluding hydrogens is 302 g/mol. The van der Waals surface area contributed by atoms with Crippen molar-refractivity contribution in [2.75, 3.05) is 0 Å². The maximum atomic E-state index is 13.1. The molecule has 1 fully saturated rings. The third kappa shape index (κ3) is 3.66. The molecule has 0 aromatic carbocycles. The van der Waals surface area contributed by atoms with Gasteiger partial charge in [-0.3, -0.25) is 4.79 Å². The van der Waals surface area contributed by atoms with Crippen LogP contribution >= 0.6 is 0 Å². The van der Waals surface area contributed by atoms with E-state index in [2.05, 4.69) is 53.5 Å².